The van der Waals surface area contributed by atoms with Crippen molar-refractivity contribution in [2.24, 2.45) is 0 Å². The summed E-state index contributed by atoms with van der Waals surface area (Å²) in [6.07, 6.45) is 0. The predicted octanol–water partition coefficient (Wildman–Crippen LogP) is 1.29. The summed E-state index contributed by atoms with van der Waals surface area (Å²) >= 11 is 5.79. The summed E-state index contributed by atoms with van der Waals surface area (Å²) in [4.78, 5) is 15.2. The Bertz CT molecular complexity index is 362. The minimum atomic E-state index is -0.0581. The molecule has 62 valence electrons. The van der Waals surface area contributed by atoms with E-state index in [1.165, 1.54) is 0 Å². The van der Waals surface area contributed by atoms with E-state index in [2.05, 4.69) is 10.3 Å². The number of amides is 1. The second-order valence-electron chi connectivity index (χ2n) is 2.77. The minimum Gasteiger partial charge on any atom is -0.346 e. The summed E-state index contributed by atoms with van der Waals surface area (Å²) in [5.41, 5.74) is 2.24. The van der Waals surface area contributed by atoms with Gasteiger partial charge in [-0.25, -0.2) is 4.98 Å². The lowest BCUT2D eigenvalue weighted by Gasteiger charge is -1.98. The van der Waals surface area contributed by atoms with Crippen molar-refractivity contribution in [2.75, 3.05) is 0 Å². The van der Waals surface area contributed by atoms with Crippen molar-refractivity contribution in [2.45, 2.75) is 13.5 Å². The zero-order valence-electron chi connectivity index (χ0n) is 6.52. The molecule has 0 aromatic carbocycles. The molecule has 2 heterocycles. The lowest BCUT2D eigenvalue weighted by Crippen LogP contribution is -2.12. The van der Waals surface area contributed by atoms with Gasteiger partial charge in [-0.2, -0.15) is 0 Å². The molecule has 3 nitrogen and oxygen atoms in total. The van der Waals surface area contributed by atoms with Gasteiger partial charge in [0.2, 0.25) is 0 Å². The molecule has 1 aliphatic rings. The van der Waals surface area contributed by atoms with Crippen LogP contribution in [0.25, 0.3) is 0 Å². The maximum absolute atomic E-state index is 11.1. The van der Waals surface area contributed by atoms with Crippen molar-refractivity contribution in [3.63, 3.8) is 0 Å². The Hall–Kier alpha value is -1.09. The first-order valence-corrected chi connectivity index (χ1v) is 4.00. The second-order valence-corrected chi connectivity index (χ2v) is 3.13. The van der Waals surface area contributed by atoms with Crippen LogP contribution >= 0.6 is 11.6 Å². The molecule has 2 rings (SSSR count). The number of rotatable bonds is 0. The third-order valence-electron chi connectivity index (χ3n) is 1.89. The van der Waals surface area contributed by atoms with Gasteiger partial charge >= 0.3 is 0 Å². The van der Waals surface area contributed by atoms with E-state index in [4.69, 9.17) is 11.6 Å². The van der Waals surface area contributed by atoms with Crippen molar-refractivity contribution in [1.82, 2.24) is 10.3 Å². The van der Waals surface area contributed by atoms with Gasteiger partial charge < -0.3 is 5.32 Å². The molecule has 1 N–H and O–H groups in total. The molecule has 0 fully saturated rings. The number of nitrogens with one attached hydrogen (secondary N) is 1. The Morgan fingerprint density at radius 3 is 3.17 bits per heavy atom. The first-order chi connectivity index (χ1) is 5.68. The van der Waals surface area contributed by atoms with Crippen LogP contribution in [-0.2, 0) is 6.54 Å². The van der Waals surface area contributed by atoms with E-state index in [-0.39, 0.29) is 5.91 Å². The summed E-state index contributed by atoms with van der Waals surface area (Å²) in [6, 6.07) is 1.77. The molecule has 0 aliphatic carbocycles. The van der Waals surface area contributed by atoms with Crippen LogP contribution < -0.4 is 5.32 Å². The fourth-order valence-corrected chi connectivity index (χ4v) is 1.37. The number of carbonyl (C=O) groups is 1. The molecule has 4 heteroatoms. The maximum Gasteiger partial charge on any atom is 0.253 e. The summed E-state index contributed by atoms with van der Waals surface area (Å²) in [7, 11) is 0. The van der Waals surface area contributed by atoms with Crippen molar-refractivity contribution in [1.29, 1.82) is 0 Å². The van der Waals surface area contributed by atoms with Crippen LogP contribution in [0.5, 0.6) is 0 Å². The molecule has 0 atom stereocenters. The Morgan fingerprint density at radius 2 is 2.42 bits per heavy atom. The Morgan fingerprint density at radius 1 is 1.67 bits per heavy atom. The molecule has 1 aliphatic heterocycles. The van der Waals surface area contributed by atoms with Gasteiger partial charge in [-0.3, -0.25) is 4.79 Å². The molecular weight excluding hydrogens is 176 g/mol. The molecule has 0 spiro atoms. The molecular formula is C8H7ClN2O. The summed E-state index contributed by atoms with van der Waals surface area (Å²) < 4.78 is 0. The van der Waals surface area contributed by atoms with Crippen LogP contribution in [0.4, 0.5) is 0 Å². The number of aromatic nitrogens is 1. The lowest BCUT2D eigenvalue weighted by atomic mass is 10.2. The number of carbonyl (C=O) groups excluding carboxylic acids is 1. The summed E-state index contributed by atoms with van der Waals surface area (Å²) in [5.74, 6) is -0.0581. The third kappa shape index (κ3) is 0.975. The van der Waals surface area contributed by atoms with E-state index in [0.29, 0.717) is 17.3 Å². The number of halogens is 1. The van der Waals surface area contributed by atoms with Crippen molar-refractivity contribution in [3.05, 3.63) is 28.0 Å². The van der Waals surface area contributed by atoms with Crippen LogP contribution in [0.3, 0.4) is 0 Å². The van der Waals surface area contributed by atoms with E-state index >= 15 is 0 Å². The fraction of sp³-hybridized carbons (Fsp3) is 0.250. The molecule has 0 radical (unpaired) electrons. The second kappa shape index (κ2) is 2.45. The number of nitrogens with zero attached hydrogens (tertiary/aromatic N) is 1. The lowest BCUT2D eigenvalue weighted by molar-refractivity contribution is 0.0965. The van der Waals surface area contributed by atoms with Gasteiger partial charge in [0.25, 0.3) is 5.91 Å². The number of fused-ring (bicyclic) bond motifs is 1. The molecule has 1 amide bonds. The number of hydrogen-bond donors (Lipinski definition) is 1. The highest BCUT2D eigenvalue weighted by atomic mass is 35.5. The van der Waals surface area contributed by atoms with E-state index in [1.807, 2.05) is 6.92 Å². The zero-order valence-corrected chi connectivity index (χ0v) is 7.27. The van der Waals surface area contributed by atoms with Gasteiger partial charge in [-0.05, 0) is 18.6 Å². The Kier molecular flexibility index (Phi) is 1.54. The molecule has 1 aromatic heterocycles. The van der Waals surface area contributed by atoms with Crippen LogP contribution in [0.15, 0.2) is 6.07 Å². The highest BCUT2D eigenvalue weighted by molar-refractivity contribution is 6.30. The number of pyridine rings is 1. The molecule has 12 heavy (non-hydrogen) atoms. The van der Waals surface area contributed by atoms with E-state index < -0.39 is 0 Å². The minimum absolute atomic E-state index is 0.0581. The quantitative estimate of drug-likeness (QED) is 0.615. The van der Waals surface area contributed by atoms with Gasteiger partial charge in [0.15, 0.2) is 0 Å². The van der Waals surface area contributed by atoms with Crippen LogP contribution in [-0.4, -0.2) is 10.9 Å². The summed E-state index contributed by atoms with van der Waals surface area (Å²) in [5, 5.41) is 3.16. The number of aryl methyl sites for hydroxylation is 1. The van der Waals surface area contributed by atoms with Crippen molar-refractivity contribution < 1.29 is 4.79 Å². The van der Waals surface area contributed by atoms with Gasteiger partial charge in [0.05, 0.1) is 17.8 Å². The Balaban J connectivity index is 2.63. The summed E-state index contributed by atoms with van der Waals surface area (Å²) in [6.45, 7) is 2.33. The smallest absolute Gasteiger partial charge is 0.253 e. The molecule has 1 aromatic rings. The normalized spacial score (nSPS) is 14.3. The largest absolute Gasteiger partial charge is 0.346 e. The predicted molar refractivity (Wildman–Crippen MR) is 45.2 cm³/mol. The highest BCUT2D eigenvalue weighted by Crippen LogP contribution is 2.19. The highest BCUT2D eigenvalue weighted by Gasteiger charge is 2.20. The first-order valence-electron chi connectivity index (χ1n) is 3.62. The topological polar surface area (TPSA) is 42.0 Å². The Labute approximate surface area is 74.8 Å². The number of hydrogen-bond acceptors (Lipinski definition) is 2. The molecule has 0 bridgehead atoms. The average molecular weight is 183 g/mol. The van der Waals surface area contributed by atoms with Crippen LogP contribution in [0.2, 0.25) is 5.15 Å². The van der Waals surface area contributed by atoms with E-state index in [1.54, 1.807) is 6.07 Å². The standard InChI is InChI=1S/C8H7ClN2O/c1-4-2-5-6(11-7(4)9)3-10-8(5)12/h2H,3H2,1H3,(H,10,12). The zero-order chi connectivity index (χ0) is 8.72. The van der Waals surface area contributed by atoms with Gasteiger partial charge in [0.1, 0.15) is 5.15 Å². The first kappa shape index (κ1) is 7.55. The fourth-order valence-electron chi connectivity index (χ4n) is 1.22. The average Bonchev–Trinajstić information content (AvgIpc) is 2.35. The van der Waals surface area contributed by atoms with Crippen LogP contribution in [0, 0.1) is 6.92 Å². The third-order valence-corrected chi connectivity index (χ3v) is 2.27. The van der Waals surface area contributed by atoms with Crippen molar-refractivity contribution >= 4 is 17.5 Å². The van der Waals surface area contributed by atoms with Gasteiger partial charge in [-0.1, -0.05) is 11.6 Å². The van der Waals surface area contributed by atoms with E-state index in [9.17, 15) is 4.79 Å². The van der Waals surface area contributed by atoms with Crippen LogP contribution in [0.1, 0.15) is 21.6 Å². The molecule has 0 saturated heterocycles. The maximum atomic E-state index is 11.1. The van der Waals surface area contributed by atoms with E-state index in [0.717, 1.165) is 11.3 Å². The SMILES string of the molecule is Cc1cc2c(nc1Cl)CNC2=O. The van der Waals surface area contributed by atoms with Gasteiger partial charge in [0, 0.05) is 0 Å². The molecule has 0 saturated carbocycles. The van der Waals surface area contributed by atoms with Crippen molar-refractivity contribution in [3.8, 4) is 0 Å². The monoisotopic (exact) mass is 182 g/mol. The molecule has 0 unspecified atom stereocenters. The van der Waals surface area contributed by atoms with Gasteiger partial charge in [-0.15, -0.1) is 0 Å².